The van der Waals surface area contributed by atoms with Gasteiger partial charge in [-0.25, -0.2) is 0 Å². The maximum Gasteiger partial charge on any atom is 0.251 e. The van der Waals surface area contributed by atoms with Crippen molar-refractivity contribution in [3.8, 4) is 16.9 Å². The van der Waals surface area contributed by atoms with Crippen molar-refractivity contribution < 1.29 is 14.3 Å². The van der Waals surface area contributed by atoms with E-state index < -0.39 is 6.04 Å². The van der Waals surface area contributed by atoms with Crippen molar-refractivity contribution in [1.82, 2.24) is 10.6 Å². The fourth-order valence-corrected chi connectivity index (χ4v) is 4.16. The van der Waals surface area contributed by atoms with Gasteiger partial charge in [0.25, 0.3) is 5.91 Å². The summed E-state index contributed by atoms with van der Waals surface area (Å²) in [6.45, 7) is 2.89. The molecule has 1 unspecified atom stereocenters. The second-order valence-corrected chi connectivity index (χ2v) is 9.11. The zero-order chi connectivity index (χ0) is 26.7. The van der Waals surface area contributed by atoms with Crippen molar-refractivity contribution in [1.29, 1.82) is 0 Å². The molecule has 0 spiro atoms. The summed E-state index contributed by atoms with van der Waals surface area (Å²) < 4.78 is 5.18. The van der Waals surface area contributed by atoms with Gasteiger partial charge in [0.2, 0.25) is 5.91 Å². The van der Waals surface area contributed by atoms with Crippen LogP contribution in [0.25, 0.3) is 11.1 Å². The van der Waals surface area contributed by atoms with E-state index in [2.05, 4.69) is 28.1 Å². The average Bonchev–Trinajstić information content (AvgIpc) is 2.96. The summed E-state index contributed by atoms with van der Waals surface area (Å²) in [7, 11) is 1.63. The van der Waals surface area contributed by atoms with E-state index in [9.17, 15) is 9.59 Å². The summed E-state index contributed by atoms with van der Waals surface area (Å²) in [6.07, 6.45) is 0.379. The van der Waals surface area contributed by atoms with Gasteiger partial charge in [0.1, 0.15) is 11.8 Å². The minimum Gasteiger partial charge on any atom is -0.497 e. The lowest BCUT2D eigenvalue weighted by Gasteiger charge is -2.19. The molecule has 4 aromatic carbocycles. The molecule has 0 aromatic heterocycles. The highest BCUT2D eigenvalue weighted by molar-refractivity contribution is 5.97. The Balaban J connectivity index is 1.40. The quantitative estimate of drug-likeness (QED) is 0.243. The largest absolute Gasteiger partial charge is 0.497 e. The number of anilines is 1. The third kappa shape index (κ3) is 7.46. The van der Waals surface area contributed by atoms with Gasteiger partial charge in [0, 0.05) is 30.8 Å². The van der Waals surface area contributed by atoms with Gasteiger partial charge in [0.05, 0.1) is 7.11 Å². The predicted molar refractivity (Wildman–Crippen MR) is 153 cm³/mol. The summed E-state index contributed by atoms with van der Waals surface area (Å²) in [5.41, 5.74) is 5.64. The van der Waals surface area contributed by atoms with Gasteiger partial charge >= 0.3 is 0 Å². The first-order valence-electron chi connectivity index (χ1n) is 12.7. The van der Waals surface area contributed by atoms with Crippen LogP contribution in [0, 0.1) is 6.92 Å². The molecule has 4 rings (SSSR count). The number of hydrogen-bond donors (Lipinski definition) is 3. The molecule has 0 fully saturated rings. The number of rotatable bonds is 11. The Hall–Kier alpha value is -4.58. The Kier molecular flexibility index (Phi) is 9.13. The lowest BCUT2D eigenvalue weighted by atomic mass is 10.00. The zero-order valence-electron chi connectivity index (χ0n) is 21.7. The number of hydrogen-bond acceptors (Lipinski definition) is 4. The Morgan fingerprint density at radius 1 is 0.789 bits per heavy atom. The maximum absolute atomic E-state index is 13.2. The van der Waals surface area contributed by atoms with Gasteiger partial charge in [-0.2, -0.15) is 0 Å². The zero-order valence-corrected chi connectivity index (χ0v) is 21.7. The Morgan fingerprint density at radius 2 is 1.50 bits per heavy atom. The summed E-state index contributed by atoms with van der Waals surface area (Å²) in [4.78, 5) is 26.2. The summed E-state index contributed by atoms with van der Waals surface area (Å²) >= 11 is 0. The molecular formula is C32H33N3O3. The highest BCUT2D eigenvalue weighted by atomic mass is 16.5. The van der Waals surface area contributed by atoms with Gasteiger partial charge < -0.3 is 20.7 Å². The van der Waals surface area contributed by atoms with Crippen LogP contribution in [0.5, 0.6) is 5.75 Å². The van der Waals surface area contributed by atoms with Crippen molar-refractivity contribution >= 4 is 17.5 Å². The monoisotopic (exact) mass is 507 g/mol. The van der Waals surface area contributed by atoms with Crippen molar-refractivity contribution in [2.24, 2.45) is 0 Å². The normalized spacial score (nSPS) is 11.3. The minimum absolute atomic E-state index is 0.227. The number of methoxy groups -OCH3 is 1. The first-order valence-corrected chi connectivity index (χ1v) is 12.7. The molecule has 0 saturated carbocycles. The number of amides is 2. The molecule has 3 N–H and O–H groups in total. The molecule has 194 valence electrons. The number of carbonyl (C=O) groups is 2. The van der Waals surface area contributed by atoms with Crippen LogP contribution < -0.4 is 20.7 Å². The molecule has 0 radical (unpaired) electrons. The van der Waals surface area contributed by atoms with Gasteiger partial charge in [-0.3, -0.25) is 9.59 Å². The molecule has 0 bridgehead atoms. The van der Waals surface area contributed by atoms with Crippen LogP contribution in [-0.2, 0) is 11.2 Å². The highest BCUT2D eigenvalue weighted by Gasteiger charge is 2.22. The van der Waals surface area contributed by atoms with E-state index in [1.54, 1.807) is 13.2 Å². The number of aryl methyl sites for hydroxylation is 1. The van der Waals surface area contributed by atoms with E-state index in [1.165, 1.54) is 0 Å². The molecule has 0 aliphatic heterocycles. The van der Waals surface area contributed by atoms with Gasteiger partial charge in [-0.1, -0.05) is 72.3 Å². The Labute approximate surface area is 224 Å². The van der Waals surface area contributed by atoms with Crippen LogP contribution in [0.4, 0.5) is 5.69 Å². The molecule has 1 atom stereocenters. The smallest absolute Gasteiger partial charge is 0.251 e. The third-order valence-electron chi connectivity index (χ3n) is 6.25. The SMILES string of the molecule is COc1ccc(NCCNC(=O)C(Cc2ccc(-c3ccccc3)cc2)NC(=O)c2cccc(C)c2)cc1. The summed E-state index contributed by atoms with van der Waals surface area (Å²) in [5, 5.41) is 9.18. The van der Waals surface area contributed by atoms with Crippen molar-refractivity contribution in [2.75, 3.05) is 25.5 Å². The van der Waals surface area contributed by atoms with E-state index >= 15 is 0 Å². The summed E-state index contributed by atoms with van der Waals surface area (Å²) in [6, 6.07) is 32.5. The molecule has 0 saturated heterocycles. The molecule has 0 aliphatic carbocycles. The van der Waals surface area contributed by atoms with Crippen LogP contribution in [0.2, 0.25) is 0 Å². The van der Waals surface area contributed by atoms with Crippen molar-refractivity contribution in [3.63, 3.8) is 0 Å². The van der Waals surface area contributed by atoms with Gasteiger partial charge in [0.15, 0.2) is 0 Å². The third-order valence-corrected chi connectivity index (χ3v) is 6.25. The molecule has 6 heteroatoms. The molecule has 0 aliphatic rings. The second kappa shape index (κ2) is 13.1. The van der Waals surface area contributed by atoms with E-state index in [-0.39, 0.29) is 11.8 Å². The van der Waals surface area contributed by atoms with E-state index in [1.807, 2.05) is 91.9 Å². The fraction of sp³-hybridized carbons (Fsp3) is 0.188. The van der Waals surface area contributed by atoms with Gasteiger partial charge in [-0.15, -0.1) is 0 Å². The second-order valence-electron chi connectivity index (χ2n) is 9.11. The number of nitrogens with one attached hydrogen (secondary N) is 3. The Bertz CT molecular complexity index is 1340. The molecule has 38 heavy (non-hydrogen) atoms. The van der Waals surface area contributed by atoms with Crippen LogP contribution in [0.15, 0.2) is 103 Å². The van der Waals surface area contributed by atoms with Gasteiger partial charge in [-0.05, 0) is 60.0 Å². The lowest BCUT2D eigenvalue weighted by molar-refractivity contribution is -0.122. The minimum atomic E-state index is -0.716. The van der Waals surface area contributed by atoms with Crippen LogP contribution in [0.3, 0.4) is 0 Å². The number of ether oxygens (including phenoxy) is 1. The first-order chi connectivity index (χ1) is 18.5. The van der Waals surface area contributed by atoms with E-state index in [0.29, 0.717) is 25.1 Å². The molecule has 4 aromatic rings. The lowest BCUT2D eigenvalue weighted by Crippen LogP contribution is -2.48. The Morgan fingerprint density at radius 3 is 2.18 bits per heavy atom. The van der Waals surface area contributed by atoms with Crippen molar-refractivity contribution in [3.05, 3.63) is 120 Å². The highest BCUT2D eigenvalue weighted by Crippen LogP contribution is 2.20. The molecule has 0 heterocycles. The van der Waals surface area contributed by atoms with Crippen molar-refractivity contribution in [2.45, 2.75) is 19.4 Å². The van der Waals surface area contributed by atoms with Crippen LogP contribution >= 0.6 is 0 Å². The van der Waals surface area contributed by atoms with Crippen LogP contribution in [0.1, 0.15) is 21.5 Å². The summed E-state index contributed by atoms with van der Waals surface area (Å²) in [5.74, 6) is 0.286. The molecule has 6 nitrogen and oxygen atoms in total. The topological polar surface area (TPSA) is 79.5 Å². The van der Waals surface area contributed by atoms with E-state index in [4.69, 9.17) is 4.74 Å². The molecular weight excluding hydrogens is 474 g/mol. The average molecular weight is 508 g/mol. The first kappa shape index (κ1) is 26.5. The van der Waals surface area contributed by atoms with E-state index in [0.717, 1.165) is 33.7 Å². The predicted octanol–water partition coefficient (Wildman–Crippen LogP) is 5.24. The molecule has 2 amide bonds. The maximum atomic E-state index is 13.2. The number of carbonyl (C=O) groups excluding carboxylic acids is 2. The number of benzene rings is 4. The fourth-order valence-electron chi connectivity index (χ4n) is 4.16. The van der Waals surface area contributed by atoms with Crippen LogP contribution in [-0.4, -0.2) is 38.1 Å². The standard InChI is InChI=1S/C32H33N3O3/c1-23-7-6-10-27(21-23)31(36)35-30(22-24-11-13-26(14-12-24)25-8-4-3-5-9-25)32(37)34-20-19-33-28-15-17-29(38-2)18-16-28/h3-18,21,30,33H,19-20,22H2,1-2H3,(H,34,37)(H,35,36).